The highest BCUT2D eigenvalue weighted by atomic mass is 32.2. The molecule has 23 heavy (non-hydrogen) atoms. The smallest absolute Gasteiger partial charge is 0.387 e. The monoisotopic (exact) mass is 340 g/mol. The van der Waals surface area contributed by atoms with E-state index in [-0.39, 0.29) is 11.8 Å². The van der Waals surface area contributed by atoms with Gasteiger partial charge in [0.05, 0.1) is 17.8 Å². The number of benzene rings is 2. The first-order valence-corrected chi connectivity index (χ1v) is 7.88. The standard InChI is InChI=1S/C17H15F3O2S/c18-17(19,20)11-23-16(22)14(12-7-3-1-4-8-12)15(21)13-9-5-2-6-10-13/h1-10,14-15,21H,11H2. The van der Waals surface area contributed by atoms with Crippen LogP contribution >= 0.6 is 11.8 Å². The maximum atomic E-state index is 12.4. The fourth-order valence-corrected chi connectivity index (χ4v) is 2.94. The van der Waals surface area contributed by atoms with E-state index in [9.17, 15) is 23.1 Å². The van der Waals surface area contributed by atoms with Gasteiger partial charge < -0.3 is 5.11 Å². The van der Waals surface area contributed by atoms with Crippen molar-refractivity contribution in [2.24, 2.45) is 0 Å². The first-order valence-electron chi connectivity index (χ1n) is 6.90. The number of hydrogen-bond donors (Lipinski definition) is 1. The molecule has 2 unspecified atom stereocenters. The van der Waals surface area contributed by atoms with E-state index >= 15 is 0 Å². The van der Waals surface area contributed by atoms with Gasteiger partial charge in [0.2, 0.25) is 0 Å². The molecule has 0 aliphatic heterocycles. The zero-order chi connectivity index (χ0) is 16.9. The molecule has 2 aromatic rings. The Hall–Kier alpha value is -1.79. The summed E-state index contributed by atoms with van der Waals surface area (Å²) in [5, 5.41) is 9.81. The maximum Gasteiger partial charge on any atom is 0.398 e. The van der Waals surface area contributed by atoms with Gasteiger partial charge >= 0.3 is 6.18 Å². The lowest BCUT2D eigenvalue weighted by Crippen LogP contribution is -2.21. The van der Waals surface area contributed by atoms with Crippen molar-refractivity contribution in [2.75, 3.05) is 5.75 Å². The second kappa shape index (κ2) is 7.66. The highest BCUT2D eigenvalue weighted by molar-refractivity contribution is 8.13. The van der Waals surface area contributed by atoms with Gasteiger partial charge in [-0.1, -0.05) is 72.4 Å². The minimum atomic E-state index is -4.43. The van der Waals surface area contributed by atoms with Gasteiger partial charge in [-0.15, -0.1) is 0 Å². The quantitative estimate of drug-likeness (QED) is 0.880. The van der Waals surface area contributed by atoms with E-state index in [4.69, 9.17) is 0 Å². The highest BCUT2D eigenvalue weighted by Gasteiger charge is 2.34. The van der Waals surface area contributed by atoms with E-state index in [0.717, 1.165) is 0 Å². The third-order valence-corrected chi connectivity index (χ3v) is 4.26. The number of alkyl halides is 3. The fraction of sp³-hybridized carbons (Fsp3) is 0.235. The van der Waals surface area contributed by atoms with Crippen molar-refractivity contribution >= 4 is 16.9 Å². The molecule has 2 rings (SSSR count). The molecule has 0 saturated heterocycles. The second-order valence-electron chi connectivity index (χ2n) is 4.97. The van der Waals surface area contributed by atoms with Gasteiger partial charge in [0, 0.05) is 0 Å². The van der Waals surface area contributed by atoms with Crippen LogP contribution in [0.5, 0.6) is 0 Å². The number of halogens is 3. The summed E-state index contributed by atoms with van der Waals surface area (Å²) >= 11 is 0.185. The van der Waals surface area contributed by atoms with Gasteiger partial charge in [-0.2, -0.15) is 13.2 Å². The van der Waals surface area contributed by atoms with Gasteiger partial charge in [0.15, 0.2) is 5.12 Å². The summed E-state index contributed by atoms with van der Waals surface area (Å²) in [5.41, 5.74) is 0.978. The van der Waals surface area contributed by atoms with Crippen molar-refractivity contribution in [3.63, 3.8) is 0 Å². The summed E-state index contributed by atoms with van der Waals surface area (Å²) in [5.74, 6) is -2.32. The van der Waals surface area contributed by atoms with Gasteiger partial charge in [0.25, 0.3) is 0 Å². The third-order valence-electron chi connectivity index (χ3n) is 3.25. The lowest BCUT2D eigenvalue weighted by molar-refractivity contribution is -0.116. The average molecular weight is 340 g/mol. The van der Waals surface area contributed by atoms with Crippen LogP contribution in [-0.4, -0.2) is 22.2 Å². The molecule has 2 nitrogen and oxygen atoms in total. The molecule has 0 heterocycles. The van der Waals surface area contributed by atoms with E-state index in [2.05, 4.69) is 0 Å². The van der Waals surface area contributed by atoms with Crippen LogP contribution in [0.15, 0.2) is 60.7 Å². The Balaban J connectivity index is 2.27. The zero-order valence-electron chi connectivity index (χ0n) is 12.0. The van der Waals surface area contributed by atoms with Gasteiger partial charge in [-0.25, -0.2) is 0 Å². The van der Waals surface area contributed by atoms with Crippen molar-refractivity contribution in [3.8, 4) is 0 Å². The number of aliphatic hydroxyl groups excluding tert-OH is 1. The Morgan fingerprint density at radius 1 is 0.957 bits per heavy atom. The number of thioether (sulfide) groups is 1. The van der Waals surface area contributed by atoms with Crippen molar-refractivity contribution in [1.82, 2.24) is 0 Å². The molecule has 0 aromatic heterocycles. The Morgan fingerprint density at radius 3 is 1.91 bits per heavy atom. The number of carbonyl (C=O) groups is 1. The van der Waals surface area contributed by atoms with Crippen LogP contribution < -0.4 is 0 Å². The summed E-state index contributed by atoms with van der Waals surface area (Å²) in [4.78, 5) is 12.3. The largest absolute Gasteiger partial charge is 0.398 e. The van der Waals surface area contributed by atoms with Crippen LogP contribution in [0.25, 0.3) is 0 Å². The molecule has 2 atom stereocenters. The molecule has 0 fully saturated rings. The number of carbonyl (C=O) groups excluding carboxylic acids is 1. The van der Waals surface area contributed by atoms with E-state index in [1.165, 1.54) is 0 Å². The van der Waals surface area contributed by atoms with Crippen LogP contribution in [0.2, 0.25) is 0 Å². The Bertz CT molecular complexity index is 629. The van der Waals surface area contributed by atoms with Gasteiger partial charge in [-0.3, -0.25) is 4.79 Å². The van der Waals surface area contributed by atoms with Crippen molar-refractivity contribution in [3.05, 3.63) is 71.8 Å². The van der Waals surface area contributed by atoms with E-state index < -0.39 is 29.1 Å². The molecule has 0 bridgehead atoms. The summed E-state index contributed by atoms with van der Waals surface area (Å²) in [6.07, 6.45) is -5.63. The van der Waals surface area contributed by atoms with E-state index in [0.29, 0.717) is 11.1 Å². The van der Waals surface area contributed by atoms with E-state index in [1.807, 2.05) is 0 Å². The summed E-state index contributed by atoms with van der Waals surface area (Å²) in [7, 11) is 0. The number of hydrogen-bond acceptors (Lipinski definition) is 3. The Labute approximate surface area is 136 Å². The van der Waals surface area contributed by atoms with Crippen LogP contribution in [0.4, 0.5) is 13.2 Å². The molecule has 0 aliphatic rings. The molecule has 2 aromatic carbocycles. The van der Waals surface area contributed by atoms with Crippen LogP contribution in [0.1, 0.15) is 23.1 Å². The first kappa shape index (κ1) is 17.6. The Morgan fingerprint density at radius 2 is 1.43 bits per heavy atom. The zero-order valence-corrected chi connectivity index (χ0v) is 12.8. The first-order chi connectivity index (χ1) is 10.9. The summed E-state index contributed by atoms with van der Waals surface area (Å²) in [6.45, 7) is 0. The summed E-state index contributed by atoms with van der Waals surface area (Å²) < 4.78 is 37.1. The molecule has 1 N–H and O–H groups in total. The highest BCUT2D eigenvalue weighted by Crippen LogP contribution is 2.36. The average Bonchev–Trinajstić information content (AvgIpc) is 2.54. The number of rotatable bonds is 5. The van der Waals surface area contributed by atoms with Crippen molar-refractivity contribution in [1.29, 1.82) is 0 Å². The SMILES string of the molecule is O=C(SCC(F)(F)F)C(c1ccccc1)C(O)c1ccccc1. The molecule has 0 amide bonds. The van der Waals surface area contributed by atoms with Gasteiger partial charge in [-0.05, 0) is 11.1 Å². The minimum absolute atomic E-state index is 0.185. The molecule has 122 valence electrons. The maximum absolute atomic E-state index is 12.4. The third kappa shape index (κ3) is 5.11. The van der Waals surface area contributed by atoms with E-state index in [1.54, 1.807) is 60.7 Å². The molecule has 0 aliphatic carbocycles. The normalized spacial score (nSPS) is 14.3. The molecule has 0 radical (unpaired) electrons. The topological polar surface area (TPSA) is 37.3 Å². The van der Waals surface area contributed by atoms with Crippen molar-refractivity contribution in [2.45, 2.75) is 18.2 Å². The van der Waals surface area contributed by atoms with Crippen LogP contribution in [0.3, 0.4) is 0 Å². The van der Waals surface area contributed by atoms with Crippen LogP contribution in [0, 0.1) is 0 Å². The lowest BCUT2D eigenvalue weighted by Gasteiger charge is -2.22. The predicted octanol–water partition coefficient (Wildman–Crippen LogP) is 4.33. The molecule has 0 saturated carbocycles. The number of aliphatic hydroxyl groups is 1. The molecular weight excluding hydrogens is 325 g/mol. The van der Waals surface area contributed by atoms with Crippen molar-refractivity contribution < 1.29 is 23.1 Å². The summed E-state index contributed by atoms with van der Waals surface area (Å²) in [6, 6.07) is 16.8. The molecule has 6 heteroatoms. The van der Waals surface area contributed by atoms with Crippen LogP contribution in [-0.2, 0) is 4.79 Å². The second-order valence-corrected chi connectivity index (χ2v) is 5.95. The fourth-order valence-electron chi connectivity index (χ4n) is 2.19. The lowest BCUT2D eigenvalue weighted by atomic mass is 9.90. The van der Waals surface area contributed by atoms with Gasteiger partial charge in [0.1, 0.15) is 0 Å². The molecular formula is C17H15F3O2S. The molecule has 0 spiro atoms. The predicted molar refractivity (Wildman–Crippen MR) is 84.1 cm³/mol. The minimum Gasteiger partial charge on any atom is -0.387 e. The Kier molecular flexibility index (Phi) is 5.85.